The fourth-order valence-electron chi connectivity index (χ4n) is 2.64. The fourth-order valence-corrected chi connectivity index (χ4v) is 4.49. The number of nitrogens with one attached hydrogen (secondary N) is 2. The highest BCUT2D eigenvalue weighted by Gasteiger charge is 2.38. The molecule has 0 spiro atoms. The maximum Gasteiger partial charge on any atom is 0.239 e. The van der Waals surface area contributed by atoms with E-state index in [1.54, 1.807) is 0 Å². The smallest absolute Gasteiger partial charge is 0.239 e. The first kappa shape index (κ1) is 15.7. The molecule has 2 heterocycles. The van der Waals surface area contributed by atoms with E-state index >= 15 is 0 Å². The molecule has 1 amide bonds. The summed E-state index contributed by atoms with van der Waals surface area (Å²) in [6.07, 6.45) is 1.45. The normalized spacial score (nSPS) is 28.4. The Balaban J connectivity index is 2.07. The SMILES string of the molecule is CCNC(=O)C1CNCCN1S(=O)(=O)CC1CCCO1. The molecule has 20 heavy (non-hydrogen) atoms. The number of ether oxygens (including phenoxy) is 1. The van der Waals surface area contributed by atoms with Gasteiger partial charge in [-0.3, -0.25) is 4.79 Å². The number of carbonyl (C=O) groups is 1. The number of piperazine rings is 1. The van der Waals surface area contributed by atoms with Gasteiger partial charge in [0.1, 0.15) is 6.04 Å². The molecule has 0 aromatic carbocycles. The van der Waals surface area contributed by atoms with Gasteiger partial charge in [0.05, 0.1) is 11.9 Å². The number of carbonyl (C=O) groups excluding carboxylic acids is 1. The summed E-state index contributed by atoms with van der Waals surface area (Å²) in [5.74, 6) is -0.265. The van der Waals surface area contributed by atoms with Crippen molar-refractivity contribution in [3.05, 3.63) is 0 Å². The maximum absolute atomic E-state index is 12.5. The van der Waals surface area contributed by atoms with Crippen LogP contribution in [0.2, 0.25) is 0 Å². The van der Waals surface area contributed by atoms with Crippen LogP contribution in [0, 0.1) is 0 Å². The zero-order valence-corrected chi connectivity index (χ0v) is 12.6. The van der Waals surface area contributed by atoms with Crippen LogP contribution in [0.4, 0.5) is 0 Å². The predicted molar refractivity (Wildman–Crippen MR) is 74.8 cm³/mol. The van der Waals surface area contributed by atoms with Crippen molar-refractivity contribution in [2.24, 2.45) is 0 Å². The van der Waals surface area contributed by atoms with Gasteiger partial charge in [-0.1, -0.05) is 0 Å². The monoisotopic (exact) mass is 305 g/mol. The molecule has 116 valence electrons. The molecule has 2 rings (SSSR count). The Morgan fingerprint density at radius 2 is 2.30 bits per heavy atom. The molecule has 7 nitrogen and oxygen atoms in total. The van der Waals surface area contributed by atoms with Crippen molar-refractivity contribution < 1.29 is 17.9 Å². The minimum absolute atomic E-state index is 0.0249. The van der Waals surface area contributed by atoms with Crippen LogP contribution in [0.15, 0.2) is 0 Å². The summed E-state index contributed by atoms with van der Waals surface area (Å²) < 4.78 is 31.7. The predicted octanol–water partition coefficient (Wildman–Crippen LogP) is -1.09. The van der Waals surface area contributed by atoms with Crippen LogP contribution in [0.3, 0.4) is 0 Å². The van der Waals surface area contributed by atoms with Gasteiger partial charge in [-0.05, 0) is 19.8 Å². The Labute approximate surface area is 120 Å². The lowest BCUT2D eigenvalue weighted by atomic mass is 10.2. The largest absolute Gasteiger partial charge is 0.377 e. The Morgan fingerprint density at radius 3 is 2.95 bits per heavy atom. The van der Waals surface area contributed by atoms with E-state index in [-0.39, 0.29) is 17.8 Å². The van der Waals surface area contributed by atoms with Crippen LogP contribution in [0.1, 0.15) is 19.8 Å². The molecule has 0 bridgehead atoms. The highest BCUT2D eigenvalue weighted by molar-refractivity contribution is 7.89. The summed E-state index contributed by atoms with van der Waals surface area (Å²) in [6, 6.07) is -0.657. The van der Waals surface area contributed by atoms with Crippen molar-refractivity contribution in [1.29, 1.82) is 0 Å². The van der Waals surface area contributed by atoms with Gasteiger partial charge >= 0.3 is 0 Å². The van der Waals surface area contributed by atoms with E-state index < -0.39 is 16.1 Å². The number of rotatable bonds is 5. The highest BCUT2D eigenvalue weighted by Crippen LogP contribution is 2.18. The molecule has 2 N–H and O–H groups in total. The topological polar surface area (TPSA) is 87.7 Å². The van der Waals surface area contributed by atoms with Crippen LogP contribution < -0.4 is 10.6 Å². The van der Waals surface area contributed by atoms with Crippen LogP contribution in [0.5, 0.6) is 0 Å². The Kier molecular flexibility index (Phi) is 5.36. The Hall–Kier alpha value is -0.700. The minimum atomic E-state index is -3.47. The van der Waals surface area contributed by atoms with Crippen molar-refractivity contribution in [3.63, 3.8) is 0 Å². The lowest BCUT2D eigenvalue weighted by Crippen LogP contribution is -2.60. The summed E-state index contributed by atoms with van der Waals surface area (Å²) in [7, 11) is -3.47. The summed E-state index contributed by atoms with van der Waals surface area (Å²) in [4.78, 5) is 12.0. The lowest BCUT2D eigenvalue weighted by Gasteiger charge is -2.34. The molecule has 0 aromatic rings. The van der Waals surface area contributed by atoms with Gasteiger partial charge in [0.25, 0.3) is 0 Å². The molecule has 0 aliphatic carbocycles. The van der Waals surface area contributed by atoms with Gasteiger partial charge in [0.15, 0.2) is 0 Å². The van der Waals surface area contributed by atoms with Gasteiger partial charge in [-0.2, -0.15) is 4.31 Å². The van der Waals surface area contributed by atoms with Crippen molar-refractivity contribution in [2.45, 2.75) is 31.9 Å². The third-order valence-electron chi connectivity index (χ3n) is 3.63. The number of likely N-dealkylation sites (N-methyl/N-ethyl adjacent to an activating group) is 1. The first-order chi connectivity index (χ1) is 9.54. The molecule has 0 radical (unpaired) electrons. The van der Waals surface area contributed by atoms with Crippen molar-refractivity contribution in [2.75, 3.05) is 38.5 Å². The van der Waals surface area contributed by atoms with Crippen molar-refractivity contribution in [3.8, 4) is 0 Å². The summed E-state index contributed by atoms with van der Waals surface area (Å²) in [5.41, 5.74) is 0. The molecule has 0 aromatic heterocycles. The molecule has 2 atom stereocenters. The lowest BCUT2D eigenvalue weighted by molar-refractivity contribution is -0.125. The second-order valence-electron chi connectivity index (χ2n) is 5.14. The van der Waals surface area contributed by atoms with E-state index in [2.05, 4.69) is 10.6 Å². The van der Waals surface area contributed by atoms with Crippen molar-refractivity contribution in [1.82, 2.24) is 14.9 Å². The molecule has 0 saturated carbocycles. The van der Waals surface area contributed by atoms with E-state index in [9.17, 15) is 13.2 Å². The first-order valence-electron chi connectivity index (χ1n) is 7.14. The molecule has 2 aliphatic rings. The first-order valence-corrected chi connectivity index (χ1v) is 8.75. The fraction of sp³-hybridized carbons (Fsp3) is 0.917. The third kappa shape index (κ3) is 3.69. The second kappa shape index (κ2) is 6.84. The van der Waals surface area contributed by atoms with Gasteiger partial charge in [-0.25, -0.2) is 8.42 Å². The van der Waals surface area contributed by atoms with E-state index in [1.807, 2.05) is 6.92 Å². The Bertz CT molecular complexity index is 434. The number of hydrogen-bond donors (Lipinski definition) is 2. The number of sulfonamides is 1. The Morgan fingerprint density at radius 1 is 1.50 bits per heavy atom. The highest BCUT2D eigenvalue weighted by atomic mass is 32.2. The van der Waals surface area contributed by atoms with Gasteiger partial charge in [-0.15, -0.1) is 0 Å². The third-order valence-corrected chi connectivity index (χ3v) is 5.57. The zero-order chi connectivity index (χ0) is 14.6. The summed E-state index contributed by atoms with van der Waals surface area (Å²) in [5, 5.41) is 5.77. The average Bonchev–Trinajstić information content (AvgIpc) is 2.91. The number of hydrogen-bond acceptors (Lipinski definition) is 5. The van der Waals surface area contributed by atoms with Crippen LogP contribution >= 0.6 is 0 Å². The minimum Gasteiger partial charge on any atom is -0.377 e. The van der Waals surface area contributed by atoms with Crippen molar-refractivity contribution >= 4 is 15.9 Å². The quantitative estimate of drug-likeness (QED) is 0.673. The van der Waals surface area contributed by atoms with Gasteiger partial charge in [0, 0.05) is 32.8 Å². The molecule has 2 saturated heterocycles. The maximum atomic E-state index is 12.5. The van der Waals surface area contributed by atoms with E-state index in [0.717, 1.165) is 12.8 Å². The van der Waals surface area contributed by atoms with Crippen LogP contribution in [0.25, 0.3) is 0 Å². The molecular weight excluding hydrogens is 282 g/mol. The molecular formula is C12H23N3O4S. The summed E-state index contributed by atoms with van der Waals surface area (Å²) in [6.45, 7) is 4.20. The summed E-state index contributed by atoms with van der Waals surface area (Å²) >= 11 is 0. The van der Waals surface area contributed by atoms with Crippen LogP contribution in [-0.2, 0) is 19.6 Å². The number of nitrogens with zero attached hydrogens (tertiary/aromatic N) is 1. The molecule has 2 fully saturated rings. The van der Waals surface area contributed by atoms with E-state index in [1.165, 1.54) is 4.31 Å². The number of amides is 1. The van der Waals surface area contributed by atoms with E-state index in [4.69, 9.17) is 4.74 Å². The van der Waals surface area contributed by atoms with Crippen LogP contribution in [-0.4, -0.2) is 69.3 Å². The molecule has 2 aliphatic heterocycles. The van der Waals surface area contributed by atoms with Gasteiger partial charge < -0.3 is 15.4 Å². The zero-order valence-electron chi connectivity index (χ0n) is 11.8. The van der Waals surface area contributed by atoms with E-state index in [0.29, 0.717) is 32.8 Å². The second-order valence-corrected chi connectivity index (χ2v) is 7.10. The molecule has 2 unspecified atom stereocenters. The average molecular weight is 305 g/mol. The van der Waals surface area contributed by atoms with Gasteiger partial charge in [0.2, 0.25) is 15.9 Å². The standard InChI is InChI=1S/C12H23N3O4S/c1-2-14-12(16)11-8-13-5-6-15(11)20(17,18)9-10-4-3-7-19-10/h10-11,13H,2-9H2,1H3,(H,14,16). The molecule has 8 heteroatoms.